The summed E-state index contributed by atoms with van der Waals surface area (Å²) in [5.74, 6) is 1.39. The molecule has 0 radical (unpaired) electrons. The number of halogens is 2. The Kier molecular flexibility index (Phi) is 5.85. The molecule has 1 aliphatic rings. The smallest absolute Gasteiger partial charge is 0.143 e. The molecule has 0 saturated carbocycles. The highest BCUT2D eigenvalue weighted by atomic mass is 35.5. The van der Waals surface area contributed by atoms with Gasteiger partial charge in [0.1, 0.15) is 5.82 Å². The molecule has 1 aliphatic heterocycles. The van der Waals surface area contributed by atoms with Crippen molar-refractivity contribution in [1.29, 1.82) is 0 Å². The van der Waals surface area contributed by atoms with Gasteiger partial charge in [-0.2, -0.15) is 0 Å². The van der Waals surface area contributed by atoms with E-state index in [1.807, 2.05) is 25.1 Å². The van der Waals surface area contributed by atoms with E-state index in [2.05, 4.69) is 33.7 Å². The van der Waals surface area contributed by atoms with E-state index in [4.69, 9.17) is 11.6 Å². The van der Waals surface area contributed by atoms with Crippen molar-refractivity contribution in [2.75, 3.05) is 27.2 Å². The molecule has 7 heteroatoms. The number of aromatic amines is 1. The number of piperidine rings is 1. The molecule has 0 amide bonds. The SMILES string of the molecule is C=C(NCc1cc2cc(Cl)c(F)cc2[nH]1)NC1CCCN(C(=C)N(C)C)C1. The average Bonchev–Trinajstić information content (AvgIpc) is 3.01. The van der Waals surface area contributed by atoms with E-state index in [0.717, 1.165) is 54.2 Å². The van der Waals surface area contributed by atoms with Gasteiger partial charge in [-0.05, 0) is 31.0 Å². The highest BCUT2D eigenvalue weighted by Gasteiger charge is 2.21. The van der Waals surface area contributed by atoms with Crippen molar-refractivity contribution in [3.63, 3.8) is 0 Å². The molecule has 2 aromatic rings. The standard InChI is InChI=1S/C20H27ClFN5/c1-13(24-16-6-5-7-27(12-16)14(2)26(3)4)23-11-17-8-15-9-18(21)19(22)10-20(15)25-17/h8-10,16,23-25H,1-2,5-7,11-12H2,3-4H3. The summed E-state index contributed by atoms with van der Waals surface area (Å²) in [6.07, 6.45) is 2.22. The molecule has 0 bridgehead atoms. The zero-order valence-electron chi connectivity index (χ0n) is 15.9. The first-order valence-electron chi connectivity index (χ1n) is 9.10. The molecule has 1 aromatic carbocycles. The lowest BCUT2D eigenvalue weighted by Gasteiger charge is -2.38. The fourth-order valence-electron chi connectivity index (χ4n) is 3.39. The Bertz CT molecular complexity index is 805. The average molecular weight is 392 g/mol. The first kappa shape index (κ1) is 19.4. The second kappa shape index (κ2) is 8.13. The molecule has 1 fully saturated rings. The predicted molar refractivity (Wildman–Crippen MR) is 110 cm³/mol. The monoisotopic (exact) mass is 391 g/mol. The molecule has 1 atom stereocenters. The molecule has 0 spiro atoms. The van der Waals surface area contributed by atoms with Crippen molar-refractivity contribution in [2.45, 2.75) is 25.4 Å². The van der Waals surface area contributed by atoms with Crippen molar-refractivity contribution in [3.05, 3.63) is 59.5 Å². The largest absolute Gasteiger partial charge is 0.368 e. The van der Waals surface area contributed by atoms with E-state index in [-0.39, 0.29) is 5.02 Å². The van der Waals surface area contributed by atoms with Crippen LogP contribution in [-0.4, -0.2) is 48.0 Å². The number of fused-ring (bicyclic) bond motifs is 1. The van der Waals surface area contributed by atoms with Crippen LogP contribution in [0.15, 0.2) is 43.0 Å². The van der Waals surface area contributed by atoms with Gasteiger partial charge in [0, 0.05) is 49.8 Å². The minimum Gasteiger partial charge on any atom is -0.368 e. The number of benzene rings is 1. The summed E-state index contributed by atoms with van der Waals surface area (Å²) in [6.45, 7) is 10.7. The minimum absolute atomic E-state index is 0.133. The Hall–Kier alpha value is -2.34. The quantitative estimate of drug-likeness (QED) is 0.674. The number of H-pyrrole nitrogens is 1. The molecular formula is C20H27ClFN5. The van der Waals surface area contributed by atoms with Gasteiger partial charge >= 0.3 is 0 Å². The van der Waals surface area contributed by atoms with E-state index in [9.17, 15) is 4.39 Å². The normalized spacial score (nSPS) is 17.0. The number of likely N-dealkylation sites (tertiary alicyclic amines) is 1. The van der Waals surface area contributed by atoms with Crippen LogP contribution < -0.4 is 10.6 Å². The highest BCUT2D eigenvalue weighted by Crippen LogP contribution is 2.23. The molecular weight excluding hydrogens is 365 g/mol. The van der Waals surface area contributed by atoms with E-state index >= 15 is 0 Å². The summed E-state index contributed by atoms with van der Waals surface area (Å²) in [5.41, 5.74) is 1.68. The predicted octanol–water partition coefficient (Wildman–Crippen LogP) is 3.61. The third-order valence-electron chi connectivity index (χ3n) is 4.89. The maximum absolute atomic E-state index is 13.6. The summed E-state index contributed by atoms with van der Waals surface area (Å²) in [4.78, 5) is 7.54. The van der Waals surface area contributed by atoms with Gasteiger partial charge in [-0.3, -0.25) is 0 Å². The lowest BCUT2D eigenvalue weighted by Crippen LogP contribution is -2.47. The summed E-state index contributed by atoms with van der Waals surface area (Å²) < 4.78 is 13.6. The fourth-order valence-corrected chi connectivity index (χ4v) is 3.57. The van der Waals surface area contributed by atoms with E-state index in [1.165, 1.54) is 6.07 Å². The first-order chi connectivity index (χ1) is 12.8. The van der Waals surface area contributed by atoms with E-state index in [1.54, 1.807) is 6.07 Å². The molecule has 0 aliphatic carbocycles. The summed E-state index contributed by atoms with van der Waals surface area (Å²) in [7, 11) is 4.03. The van der Waals surface area contributed by atoms with Gasteiger partial charge in [0.15, 0.2) is 0 Å². The Morgan fingerprint density at radius 3 is 2.89 bits per heavy atom. The van der Waals surface area contributed by atoms with Gasteiger partial charge in [-0.1, -0.05) is 24.8 Å². The number of rotatable bonds is 7. The van der Waals surface area contributed by atoms with Crippen molar-refractivity contribution >= 4 is 22.5 Å². The Labute approximate surface area is 164 Å². The Morgan fingerprint density at radius 1 is 1.37 bits per heavy atom. The molecule has 3 rings (SSSR count). The van der Waals surface area contributed by atoms with Gasteiger partial charge in [0.25, 0.3) is 0 Å². The number of hydrogen-bond acceptors (Lipinski definition) is 4. The van der Waals surface area contributed by atoms with Crippen molar-refractivity contribution in [1.82, 2.24) is 25.4 Å². The van der Waals surface area contributed by atoms with Crippen LogP contribution in [0.3, 0.4) is 0 Å². The first-order valence-corrected chi connectivity index (χ1v) is 9.48. The zero-order chi connectivity index (χ0) is 19.6. The summed E-state index contributed by atoms with van der Waals surface area (Å²) in [6, 6.07) is 5.34. The maximum Gasteiger partial charge on any atom is 0.143 e. The number of aromatic nitrogens is 1. The van der Waals surface area contributed by atoms with Crippen molar-refractivity contribution < 1.29 is 4.39 Å². The molecule has 5 nitrogen and oxygen atoms in total. The van der Waals surface area contributed by atoms with Gasteiger partial charge in [0.05, 0.1) is 23.2 Å². The van der Waals surface area contributed by atoms with Crippen LogP contribution >= 0.6 is 11.6 Å². The van der Waals surface area contributed by atoms with Gasteiger partial charge in [-0.25, -0.2) is 4.39 Å². The van der Waals surface area contributed by atoms with E-state index in [0.29, 0.717) is 12.6 Å². The third-order valence-corrected chi connectivity index (χ3v) is 5.18. The van der Waals surface area contributed by atoms with Crippen LogP contribution in [0.5, 0.6) is 0 Å². The number of nitrogens with one attached hydrogen (secondary N) is 3. The Morgan fingerprint density at radius 2 is 2.15 bits per heavy atom. The molecule has 146 valence electrons. The second-order valence-corrected chi connectivity index (χ2v) is 7.63. The highest BCUT2D eigenvalue weighted by molar-refractivity contribution is 6.31. The van der Waals surface area contributed by atoms with Gasteiger partial charge in [-0.15, -0.1) is 0 Å². The number of hydrogen-bond donors (Lipinski definition) is 3. The van der Waals surface area contributed by atoms with Crippen LogP contribution in [0.25, 0.3) is 10.9 Å². The van der Waals surface area contributed by atoms with Crippen LogP contribution in [-0.2, 0) is 6.54 Å². The summed E-state index contributed by atoms with van der Waals surface area (Å²) in [5, 5.41) is 7.77. The van der Waals surface area contributed by atoms with E-state index < -0.39 is 5.82 Å². The molecule has 3 N–H and O–H groups in total. The maximum atomic E-state index is 13.6. The molecule has 1 saturated heterocycles. The Balaban J connectivity index is 1.53. The lowest BCUT2D eigenvalue weighted by atomic mass is 10.1. The van der Waals surface area contributed by atoms with Crippen LogP contribution in [0.4, 0.5) is 4.39 Å². The molecule has 2 heterocycles. The number of nitrogens with zero attached hydrogens (tertiary/aromatic N) is 2. The van der Waals surface area contributed by atoms with Crippen LogP contribution in [0.1, 0.15) is 18.5 Å². The molecule has 1 unspecified atom stereocenters. The van der Waals surface area contributed by atoms with Gasteiger partial charge < -0.3 is 25.4 Å². The zero-order valence-corrected chi connectivity index (χ0v) is 16.7. The van der Waals surface area contributed by atoms with Crippen LogP contribution in [0.2, 0.25) is 5.02 Å². The van der Waals surface area contributed by atoms with Crippen molar-refractivity contribution in [3.8, 4) is 0 Å². The second-order valence-electron chi connectivity index (χ2n) is 7.22. The molecule has 1 aromatic heterocycles. The third kappa shape index (κ3) is 4.69. The topological polar surface area (TPSA) is 46.3 Å². The fraction of sp³-hybridized carbons (Fsp3) is 0.400. The summed E-state index contributed by atoms with van der Waals surface area (Å²) >= 11 is 5.84. The van der Waals surface area contributed by atoms with Crippen LogP contribution in [0, 0.1) is 5.82 Å². The molecule has 27 heavy (non-hydrogen) atoms. The van der Waals surface area contributed by atoms with Gasteiger partial charge in [0.2, 0.25) is 0 Å². The minimum atomic E-state index is -0.419. The lowest BCUT2D eigenvalue weighted by molar-refractivity contribution is 0.194. The van der Waals surface area contributed by atoms with Crippen molar-refractivity contribution in [2.24, 2.45) is 0 Å².